The van der Waals surface area contributed by atoms with Gasteiger partial charge in [-0.25, -0.2) is 8.78 Å². The van der Waals surface area contributed by atoms with Crippen molar-refractivity contribution in [3.05, 3.63) is 62.5 Å². The molecule has 94 valence electrons. The molecule has 2 rings (SSSR count). The van der Waals surface area contributed by atoms with Gasteiger partial charge in [0.05, 0.1) is 0 Å². The van der Waals surface area contributed by atoms with Gasteiger partial charge in [-0.2, -0.15) is 0 Å². The van der Waals surface area contributed by atoms with Crippen LogP contribution in [-0.4, -0.2) is 0 Å². The maximum Gasteiger partial charge on any atom is 0.150 e. The van der Waals surface area contributed by atoms with Crippen molar-refractivity contribution in [2.24, 2.45) is 0 Å². The van der Waals surface area contributed by atoms with Crippen molar-refractivity contribution in [3.63, 3.8) is 0 Å². The van der Waals surface area contributed by atoms with Gasteiger partial charge in [0.1, 0.15) is 17.3 Å². The zero-order chi connectivity index (χ0) is 13.1. The van der Waals surface area contributed by atoms with Gasteiger partial charge in [-0.15, -0.1) is 0 Å². The number of rotatable bonds is 3. The minimum absolute atomic E-state index is 0.110. The van der Waals surface area contributed by atoms with Gasteiger partial charge >= 0.3 is 0 Å². The molecule has 2 aromatic carbocycles. The Kier molecular flexibility index (Phi) is 4.35. The number of nitrogens with one attached hydrogen (secondary N) is 1. The maximum atomic E-state index is 13.5. The predicted molar refractivity (Wildman–Crippen MR) is 75.5 cm³/mol. The summed E-state index contributed by atoms with van der Waals surface area (Å²) in [6.07, 6.45) is 0. The van der Waals surface area contributed by atoms with Crippen molar-refractivity contribution >= 4 is 37.5 Å². The van der Waals surface area contributed by atoms with Crippen molar-refractivity contribution < 1.29 is 8.78 Å². The van der Waals surface area contributed by atoms with Crippen molar-refractivity contribution in [2.45, 2.75) is 6.54 Å². The molecule has 0 atom stereocenters. The first kappa shape index (κ1) is 13.5. The fraction of sp³-hybridized carbons (Fsp3) is 0.0769. The summed E-state index contributed by atoms with van der Waals surface area (Å²) in [4.78, 5) is 0. The first-order chi connectivity index (χ1) is 8.56. The molecule has 18 heavy (non-hydrogen) atoms. The summed E-state index contributed by atoms with van der Waals surface area (Å²) < 4.78 is 28.4. The lowest BCUT2D eigenvalue weighted by molar-refractivity contribution is 0.586. The van der Waals surface area contributed by atoms with Gasteiger partial charge in [0.2, 0.25) is 0 Å². The number of halogens is 4. The van der Waals surface area contributed by atoms with E-state index in [9.17, 15) is 8.78 Å². The van der Waals surface area contributed by atoms with E-state index in [1.165, 1.54) is 12.1 Å². The molecule has 0 aliphatic carbocycles. The lowest BCUT2D eigenvalue weighted by Gasteiger charge is -2.09. The Bertz CT molecular complexity index is 532. The molecule has 0 bridgehead atoms. The van der Waals surface area contributed by atoms with Crippen molar-refractivity contribution in [3.8, 4) is 0 Å². The van der Waals surface area contributed by atoms with Crippen LogP contribution in [0.4, 0.5) is 14.5 Å². The van der Waals surface area contributed by atoms with E-state index in [0.717, 1.165) is 10.0 Å². The molecule has 0 radical (unpaired) electrons. The largest absolute Gasteiger partial charge is 0.376 e. The number of hydrogen-bond acceptors (Lipinski definition) is 1. The van der Waals surface area contributed by atoms with Crippen LogP contribution < -0.4 is 5.32 Å². The first-order valence-electron chi connectivity index (χ1n) is 5.19. The fourth-order valence-corrected chi connectivity index (χ4v) is 2.17. The Morgan fingerprint density at radius 3 is 2.00 bits per heavy atom. The van der Waals surface area contributed by atoms with E-state index in [0.29, 0.717) is 11.0 Å². The standard InChI is InChI=1S/C13H9Br2F2N/c14-9-3-1-8(2-4-9)7-18-13-11(16)5-10(15)6-12(13)17/h1-6,18H,7H2. The molecule has 0 fully saturated rings. The molecular formula is C13H9Br2F2N. The summed E-state index contributed by atoms with van der Waals surface area (Å²) in [7, 11) is 0. The third-order valence-corrected chi connectivity index (χ3v) is 3.38. The Morgan fingerprint density at radius 2 is 1.44 bits per heavy atom. The number of anilines is 1. The summed E-state index contributed by atoms with van der Waals surface area (Å²) in [5.41, 5.74) is 0.834. The Labute approximate surface area is 120 Å². The smallest absolute Gasteiger partial charge is 0.150 e. The normalized spacial score (nSPS) is 10.4. The molecule has 5 heteroatoms. The van der Waals surface area contributed by atoms with E-state index in [4.69, 9.17) is 0 Å². The third-order valence-electron chi connectivity index (χ3n) is 2.39. The van der Waals surface area contributed by atoms with E-state index >= 15 is 0 Å². The number of hydrogen-bond donors (Lipinski definition) is 1. The van der Waals surface area contributed by atoms with E-state index in [2.05, 4.69) is 37.2 Å². The fourth-order valence-electron chi connectivity index (χ4n) is 1.50. The van der Waals surface area contributed by atoms with Crippen LogP contribution in [0.25, 0.3) is 0 Å². The highest BCUT2D eigenvalue weighted by Gasteiger charge is 2.09. The molecule has 0 saturated carbocycles. The van der Waals surface area contributed by atoms with Gasteiger partial charge in [-0.05, 0) is 29.8 Å². The van der Waals surface area contributed by atoms with Crippen LogP contribution in [0.5, 0.6) is 0 Å². The van der Waals surface area contributed by atoms with E-state index in [-0.39, 0.29) is 5.69 Å². The van der Waals surface area contributed by atoms with Gasteiger partial charge in [-0.3, -0.25) is 0 Å². The highest BCUT2D eigenvalue weighted by molar-refractivity contribution is 9.10. The first-order valence-corrected chi connectivity index (χ1v) is 6.78. The van der Waals surface area contributed by atoms with Crippen LogP contribution in [0.3, 0.4) is 0 Å². The molecule has 1 N–H and O–H groups in total. The summed E-state index contributed by atoms with van der Waals surface area (Å²) in [6, 6.07) is 9.98. The van der Waals surface area contributed by atoms with Crippen LogP contribution in [0.1, 0.15) is 5.56 Å². The zero-order valence-electron chi connectivity index (χ0n) is 9.18. The van der Waals surface area contributed by atoms with Crippen LogP contribution in [-0.2, 0) is 6.54 Å². The molecule has 0 aliphatic rings. The Balaban J connectivity index is 2.13. The molecule has 0 saturated heterocycles. The van der Waals surface area contributed by atoms with E-state index in [1.54, 1.807) is 0 Å². The average molecular weight is 377 g/mol. The molecule has 0 amide bonds. The van der Waals surface area contributed by atoms with Crippen LogP contribution in [0.15, 0.2) is 45.3 Å². The molecular weight excluding hydrogens is 368 g/mol. The second-order valence-electron chi connectivity index (χ2n) is 3.72. The molecule has 0 aromatic heterocycles. The van der Waals surface area contributed by atoms with E-state index in [1.807, 2.05) is 24.3 Å². The van der Waals surface area contributed by atoms with E-state index < -0.39 is 11.6 Å². The predicted octanol–water partition coefficient (Wildman–Crippen LogP) is 5.10. The molecule has 0 spiro atoms. The van der Waals surface area contributed by atoms with Crippen LogP contribution in [0, 0.1) is 11.6 Å². The third kappa shape index (κ3) is 3.29. The second-order valence-corrected chi connectivity index (χ2v) is 5.56. The van der Waals surface area contributed by atoms with Crippen molar-refractivity contribution in [2.75, 3.05) is 5.32 Å². The monoisotopic (exact) mass is 375 g/mol. The Hall–Kier alpha value is -0.940. The van der Waals surface area contributed by atoms with Crippen LogP contribution >= 0.6 is 31.9 Å². The summed E-state index contributed by atoms with van der Waals surface area (Å²) in [5, 5.41) is 2.76. The lowest BCUT2D eigenvalue weighted by atomic mass is 10.2. The summed E-state index contributed by atoms with van der Waals surface area (Å²) in [5.74, 6) is -1.22. The van der Waals surface area contributed by atoms with Gasteiger partial charge in [0.15, 0.2) is 0 Å². The maximum absolute atomic E-state index is 13.5. The number of benzene rings is 2. The molecule has 2 aromatic rings. The molecule has 0 unspecified atom stereocenters. The molecule has 0 aliphatic heterocycles. The molecule has 1 nitrogen and oxygen atoms in total. The quantitative estimate of drug-likeness (QED) is 0.785. The average Bonchev–Trinajstić information content (AvgIpc) is 2.30. The second kappa shape index (κ2) is 5.80. The van der Waals surface area contributed by atoms with Gasteiger partial charge in [-0.1, -0.05) is 44.0 Å². The zero-order valence-corrected chi connectivity index (χ0v) is 12.4. The minimum atomic E-state index is -0.612. The lowest BCUT2D eigenvalue weighted by Crippen LogP contribution is -2.03. The van der Waals surface area contributed by atoms with Crippen molar-refractivity contribution in [1.29, 1.82) is 0 Å². The summed E-state index contributed by atoms with van der Waals surface area (Å²) in [6.45, 7) is 0.364. The highest BCUT2D eigenvalue weighted by atomic mass is 79.9. The van der Waals surface area contributed by atoms with Gasteiger partial charge in [0, 0.05) is 15.5 Å². The Morgan fingerprint density at radius 1 is 0.889 bits per heavy atom. The topological polar surface area (TPSA) is 12.0 Å². The molecule has 0 heterocycles. The summed E-state index contributed by atoms with van der Waals surface area (Å²) >= 11 is 6.37. The van der Waals surface area contributed by atoms with Crippen molar-refractivity contribution in [1.82, 2.24) is 0 Å². The SMILES string of the molecule is Fc1cc(Br)cc(F)c1NCc1ccc(Br)cc1. The van der Waals surface area contributed by atoms with Crippen LogP contribution in [0.2, 0.25) is 0 Å². The van der Waals surface area contributed by atoms with Gasteiger partial charge in [0.25, 0.3) is 0 Å². The minimum Gasteiger partial charge on any atom is -0.376 e. The van der Waals surface area contributed by atoms with Gasteiger partial charge < -0.3 is 5.32 Å². The highest BCUT2D eigenvalue weighted by Crippen LogP contribution is 2.24.